The molecule has 2 fully saturated rings. The van der Waals surface area contributed by atoms with E-state index in [9.17, 15) is 5.11 Å². The molecule has 0 aliphatic heterocycles. The molecule has 4 aliphatic carbocycles. The number of pyridine rings is 1. The average molecular weight is 378 g/mol. The van der Waals surface area contributed by atoms with E-state index in [0.717, 1.165) is 30.6 Å². The predicted octanol–water partition coefficient (Wildman–Crippen LogP) is 6.03. The smallest absolute Gasteiger partial charge is 0.0628 e. The van der Waals surface area contributed by atoms with E-state index in [1.807, 2.05) is 6.20 Å². The molecule has 2 heteroatoms. The van der Waals surface area contributed by atoms with Gasteiger partial charge in [-0.15, -0.1) is 0 Å². The van der Waals surface area contributed by atoms with Gasteiger partial charge in [0.25, 0.3) is 0 Å². The molecule has 1 aromatic heterocycles. The molecule has 1 heterocycles. The first kappa shape index (κ1) is 18.6. The van der Waals surface area contributed by atoms with Crippen LogP contribution in [0.4, 0.5) is 0 Å². The van der Waals surface area contributed by atoms with Crippen LogP contribution in [-0.2, 0) is 0 Å². The zero-order valence-electron chi connectivity index (χ0n) is 17.9. The Bertz CT molecular complexity index is 837. The number of fused-ring (bicyclic) bond motifs is 5. The SMILES string of the molecule is CC1(C)C2=CCC3C4CC=C(c5cccnc5)C4(C)CCC3C2(C)CCC1O. The van der Waals surface area contributed by atoms with Crippen LogP contribution in [-0.4, -0.2) is 16.2 Å². The van der Waals surface area contributed by atoms with Crippen LogP contribution in [0.15, 0.2) is 42.3 Å². The third-order valence-corrected chi connectivity index (χ3v) is 9.48. The number of hydrogen-bond donors (Lipinski definition) is 1. The highest BCUT2D eigenvalue weighted by Gasteiger charge is 2.59. The summed E-state index contributed by atoms with van der Waals surface area (Å²) in [5.41, 5.74) is 4.91. The quantitative estimate of drug-likeness (QED) is 0.606. The summed E-state index contributed by atoms with van der Waals surface area (Å²) >= 11 is 0. The second-order valence-corrected chi connectivity index (χ2v) is 11.0. The fourth-order valence-corrected chi connectivity index (χ4v) is 7.93. The lowest BCUT2D eigenvalue weighted by molar-refractivity contribution is -0.0583. The van der Waals surface area contributed by atoms with Gasteiger partial charge in [0, 0.05) is 17.8 Å². The van der Waals surface area contributed by atoms with Crippen molar-refractivity contribution in [3.05, 3.63) is 47.8 Å². The van der Waals surface area contributed by atoms with Gasteiger partial charge in [0.05, 0.1) is 6.10 Å². The average Bonchev–Trinajstić information content (AvgIpc) is 3.03. The van der Waals surface area contributed by atoms with Gasteiger partial charge in [0.1, 0.15) is 0 Å². The standard InChI is InChI=1S/C26H35NO/c1-24(2)22-10-7-18-20-9-8-19(17-6-5-15-27-16-17)25(20,3)13-11-21(18)26(22,4)14-12-23(24)28/h5-6,8,10,15-16,18,20-21,23,28H,7,9,11-14H2,1-4H3. The predicted molar refractivity (Wildman–Crippen MR) is 114 cm³/mol. The maximum atomic E-state index is 10.7. The van der Waals surface area contributed by atoms with E-state index in [1.165, 1.54) is 31.2 Å². The van der Waals surface area contributed by atoms with Gasteiger partial charge >= 0.3 is 0 Å². The van der Waals surface area contributed by atoms with Crippen molar-refractivity contribution in [1.29, 1.82) is 0 Å². The van der Waals surface area contributed by atoms with Gasteiger partial charge in [-0.25, -0.2) is 0 Å². The topological polar surface area (TPSA) is 33.1 Å². The summed E-state index contributed by atoms with van der Waals surface area (Å²) in [4.78, 5) is 4.39. The molecule has 4 aliphatic rings. The van der Waals surface area contributed by atoms with Crippen molar-refractivity contribution in [1.82, 2.24) is 4.98 Å². The molecule has 0 aromatic carbocycles. The molecule has 2 saturated carbocycles. The van der Waals surface area contributed by atoms with E-state index in [-0.39, 0.29) is 22.3 Å². The van der Waals surface area contributed by atoms with Gasteiger partial charge in [-0.2, -0.15) is 0 Å². The first-order chi connectivity index (χ1) is 13.3. The molecular weight excluding hydrogens is 342 g/mol. The largest absolute Gasteiger partial charge is 0.392 e. The summed E-state index contributed by atoms with van der Waals surface area (Å²) in [7, 11) is 0. The summed E-state index contributed by atoms with van der Waals surface area (Å²) in [6.07, 6.45) is 15.9. The highest BCUT2D eigenvalue weighted by Crippen LogP contribution is 2.68. The number of hydrogen-bond acceptors (Lipinski definition) is 2. The molecule has 0 spiro atoms. The Kier molecular flexibility index (Phi) is 4.02. The van der Waals surface area contributed by atoms with E-state index in [4.69, 9.17) is 0 Å². The van der Waals surface area contributed by atoms with E-state index >= 15 is 0 Å². The van der Waals surface area contributed by atoms with Crippen molar-refractivity contribution < 1.29 is 5.11 Å². The van der Waals surface area contributed by atoms with E-state index in [1.54, 1.807) is 11.1 Å². The lowest BCUT2D eigenvalue weighted by Crippen LogP contribution is -2.54. The third kappa shape index (κ3) is 2.33. The number of allylic oxidation sites excluding steroid dienone is 3. The minimum Gasteiger partial charge on any atom is -0.392 e. The van der Waals surface area contributed by atoms with Gasteiger partial charge < -0.3 is 5.11 Å². The van der Waals surface area contributed by atoms with Crippen molar-refractivity contribution in [3.63, 3.8) is 0 Å². The van der Waals surface area contributed by atoms with Crippen LogP contribution in [0.25, 0.3) is 5.57 Å². The monoisotopic (exact) mass is 377 g/mol. The summed E-state index contributed by atoms with van der Waals surface area (Å²) in [5.74, 6) is 2.27. The molecule has 6 atom stereocenters. The Labute approximate surface area is 170 Å². The Hall–Kier alpha value is -1.41. The molecule has 150 valence electrons. The van der Waals surface area contributed by atoms with Crippen LogP contribution in [0.3, 0.4) is 0 Å². The number of nitrogens with zero attached hydrogens (tertiary/aromatic N) is 1. The first-order valence-electron chi connectivity index (χ1n) is 11.3. The molecule has 6 unspecified atom stereocenters. The molecule has 0 amide bonds. The van der Waals surface area contributed by atoms with E-state index in [0.29, 0.717) is 0 Å². The summed E-state index contributed by atoms with van der Waals surface area (Å²) in [6, 6.07) is 4.31. The normalized spacial score (nSPS) is 44.0. The highest BCUT2D eigenvalue weighted by molar-refractivity contribution is 5.72. The van der Waals surface area contributed by atoms with Crippen molar-refractivity contribution in [2.45, 2.75) is 72.3 Å². The van der Waals surface area contributed by atoms with Gasteiger partial charge in [-0.3, -0.25) is 4.98 Å². The fraction of sp³-hybridized carbons (Fsp3) is 0.654. The molecule has 0 bridgehead atoms. The van der Waals surface area contributed by atoms with Gasteiger partial charge in [0.15, 0.2) is 0 Å². The van der Waals surface area contributed by atoms with Crippen molar-refractivity contribution in [3.8, 4) is 0 Å². The molecule has 1 N–H and O–H groups in total. The van der Waals surface area contributed by atoms with Gasteiger partial charge in [0.2, 0.25) is 0 Å². The summed E-state index contributed by atoms with van der Waals surface area (Å²) < 4.78 is 0. The Morgan fingerprint density at radius 3 is 2.50 bits per heavy atom. The molecule has 2 nitrogen and oxygen atoms in total. The Morgan fingerprint density at radius 2 is 1.75 bits per heavy atom. The lowest BCUT2D eigenvalue weighted by Gasteiger charge is -2.61. The lowest BCUT2D eigenvalue weighted by atomic mass is 9.44. The number of rotatable bonds is 1. The molecule has 5 rings (SSSR count). The van der Waals surface area contributed by atoms with Crippen molar-refractivity contribution >= 4 is 5.57 Å². The number of aromatic nitrogens is 1. The zero-order chi connectivity index (χ0) is 19.7. The first-order valence-corrected chi connectivity index (χ1v) is 11.3. The van der Waals surface area contributed by atoms with Crippen LogP contribution in [0, 0.1) is 34.0 Å². The third-order valence-electron chi connectivity index (χ3n) is 9.48. The van der Waals surface area contributed by atoms with Crippen molar-refractivity contribution in [2.24, 2.45) is 34.0 Å². The van der Waals surface area contributed by atoms with Crippen LogP contribution >= 0.6 is 0 Å². The van der Waals surface area contributed by atoms with Crippen LogP contribution in [0.1, 0.15) is 71.8 Å². The van der Waals surface area contributed by atoms with Crippen molar-refractivity contribution in [2.75, 3.05) is 0 Å². The highest BCUT2D eigenvalue weighted by atomic mass is 16.3. The summed E-state index contributed by atoms with van der Waals surface area (Å²) in [5, 5.41) is 10.7. The Morgan fingerprint density at radius 1 is 0.964 bits per heavy atom. The van der Waals surface area contributed by atoms with E-state index < -0.39 is 0 Å². The molecule has 0 radical (unpaired) electrons. The maximum absolute atomic E-state index is 10.7. The second kappa shape index (κ2) is 6.05. The minimum atomic E-state index is -0.192. The number of aliphatic hydroxyl groups excluding tert-OH is 1. The molecule has 1 aromatic rings. The second-order valence-electron chi connectivity index (χ2n) is 11.0. The summed E-state index contributed by atoms with van der Waals surface area (Å²) in [6.45, 7) is 9.59. The Balaban J connectivity index is 1.50. The van der Waals surface area contributed by atoms with Crippen LogP contribution in [0.2, 0.25) is 0 Å². The molecule has 28 heavy (non-hydrogen) atoms. The number of aliphatic hydroxyl groups is 1. The molecular formula is C26H35NO. The fourth-order valence-electron chi connectivity index (χ4n) is 7.93. The van der Waals surface area contributed by atoms with Crippen LogP contribution < -0.4 is 0 Å². The maximum Gasteiger partial charge on any atom is 0.0628 e. The van der Waals surface area contributed by atoms with Gasteiger partial charge in [-0.1, -0.05) is 51.5 Å². The van der Waals surface area contributed by atoms with E-state index in [2.05, 4.69) is 63.2 Å². The molecule has 0 saturated heterocycles. The zero-order valence-corrected chi connectivity index (χ0v) is 17.9. The minimum absolute atomic E-state index is 0.0759. The van der Waals surface area contributed by atoms with Crippen LogP contribution in [0.5, 0.6) is 0 Å². The van der Waals surface area contributed by atoms with Gasteiger partial charge in [-0.05, 0) is 84.3 Å².